The highest BCUT2D eigenvalue weighted by Gasteiger charge is 2.24. The van der Waals surface area contributed by atoms with Gasteiger partial charge in [-0.25, -0.2) is 0 Å². The van der Waals surface area contributed by atoms with Crippen LogP contribution in [-0.4, -0.2) is 30.9 Å². The minimum atomic E-state index is -0.326. The van der Waals surface area contributed by atoms with Crippen LogP contribution in [0.15, 0.2) is 24.3 Å². The van der Waals surface area contributed by atoms with Crippen LogP contribution in [0.5, 0.6) is 0 Å². The third-order valence-electron chi connectivity index (χ3n) is 3.06. The number of nitrogens with one attached hydrogen (secondary N) is 1. The summed E-state index contributed by atoms with van der Waals surface area (Å²) in [6.07, 6.45) is 1.77. The fourth-order valence-electron chi connectivity index (χ4n) is 1.95. The van der Waals surface area contributed by atoms with Crippen LogP contribution in [0.1, 0.15) is 28.8 Å². The highest BCUT2D eigenvalue weighted by Crippen LogP contribution is 2.08. The Morgan fingerprint density at radius 3 is 2.67 bits per heavy atom. The topological polar surface area (TPSA) is 55.4 Å². The molecule has 18 heavy (non-hydrogen) atoms. The zero-order chi connectivity index (χ0) is 13.0. The van der Waals surface area contributed by atoms with E-state index in [0.717, 1.165) is 24.9 Å². The predicted molar refractivity (Wildman–Crippen MR) is 67.5 cm³/mol. The highest BCUT2D eigenvalue weighted by molar-refractivity contribution is 5.98. The zero-order valence-electron chi connectivity index (χ0n) is 10.4. The van der Waals surface area contributed by atoms with Gasteiger partial charge in [-0.1, -0.05) is 29.8 Å². The standard InChI is InChI=1S/C14H17NO3/c1-10-4-6-11(7-5-10)13(16)9-18-14(17)12-3-2-8-15-12/h4-7,12,15H,2-3,8-9H2,1H3. The third-order valence-corrected chi connectivity index (χ3v) is 3.06. The van der Waals surface area contributed by atoms with Crippen molar-refractivity contribution in [3.05, 3.63) is 35.4 Å². The largest absolute Gasteiger partial charge is 0.456 e. The molecule has 0 aliphatic carbocycles. The van der Waals surface area contributed by atoms with Gasteiger partial charge in [-0.2, -0.15) is 0 Å². The van der Waals surface area contributed by atoms with E-state index in [-0.39, 0.29) is 24.4 Å². The van der Waals surface area contributed by atoms with Crippen molar-refractivity contribution in [2.45, 2.75) is 25.8 Å². The molecule has 1 fully saturated rings. The summed E-state index contributed by atoms with van der Waals surface area (Å²) in [4.78, 5) is 23.4. The van der Waals surface area contributed by atoms with E-state index in [1.165, 1.54) is 0 Å². The number of esters is 1. The third kappa shape index (κ3) is 3.17. The molecule has 1 unspecified atom stereocenters. The summed E-state index contributed by atoms with van der Waals surface area (Å²) >= 11 is 0. The summed E-state index contributed by atoms with van der Waals surface area (Å²) in [5.41, 5.74) is 1.67. The summed E-state index contributed by atoms with van der Waals surface area (Å²) in [5.74, 6) is -0.491. The Bertz CT molecular complexity index is 433. The first-order valence-corrected chi connectivity index (χ1v) is 6.17. The fourth-order valence-corrected chi connectivity index (χ4v) is 1.95. The Morgan fingerprint density at radius 2 is 2.06 bits per heavy atom. The number of aryl methyl sites for hydroxylation is 1. The average Bonchev–Trinajstić information content (AvgIpc) is 2.90. The minimum Gasteiger partial charge on any atom is -0.456 e. The van der Waals surface area contributed by atoms with Gasteiger partial charge in [0.25, 0.3) is 0 Å². The quantitative estimate of drug-likeness (QED) is 0.646. The lowest BCUT2D eigenvalue weighted by atomic mass is 10.1. The maximum atomic E-state index is 11.8. The molecular weight excluding hydrogens is 230 g/mol. The van der Waals surface area contributed by atoms with E-state index in [0.29, 0.717) is 5.56 Å². The number of carbonyl (C=O) groups excluding carboxylic acids is 2. The number of Topliss-reactive ketones (excluding diaryl/α,β-unsaturated/α-hetero) is 1. The molecular formula is C14H17NO3. The van der Waals surface area contributed by atoms with Crippen LogP contribution in [0.3, 0.4) is 0 Å². The lowest BCUT2D eigenvalue weighted by Crippen LogP contribution is -2.33. The SMILES string of the molecule is Cc1ccc(C(=O)COC(=O)C2CCCN2)cc1. The molecule has 0 saturated carbocycles. The average molecular weight is 247 g/mol. The van der Waals surface area contributed by atoms with E-state index in [4.69, 9.17) is 4.74 Å². The maximum Gasteiger partial charge on any atom is 0.323 e. The Kier molecular flexibility index (Phi) is 4.10. The molecule has 2 rings (SSSR count). The van der Waals surface area contributed by atoms with Gasteiger partial charge in [0, 0.05) is 5.56 Å². The van der Waals surface area contributed by atoms with Gasteiger partial charge in [0.05, 0.1) is 0 Å². The molecule has 1 saturated heterocycles. The first-order chi connectivity index (χ1) is 8.66. The number of benzene rings is 1. The summed E-state index contributed by atoms with van der Waals surface area (Å²) in [7, 11) is 0. The molecule has 0 aromatic heterocycles. The van der Waals surface area contributed by atoms with Gasteiger partial charge in [0.15, 0.2) is 12.4 Å². The molecule has 1 aliphatic rings. The first-order valence-electron chi connectivity index (χ1n) is 6.17. The van der Waals surface area contributed by atoms with Gasteiger partial charge >= 0.3 is 5.97 Å². The molecule has 4 heteroatoms. The van der Waals surface area contributed by atoms with E-state index < -0.39 is 0 Å². The van der Waals surface area contributed by atoms with Gasteiger partial charge in [-0.3, -0.25) is 9.59 Å². The molecule has 96 valence electrons. The molecule has 4 nitrogen and oxygen atoms in total. The number of hydrogen-bond donors (Lipinski definition) is 1. The van der Waals surface area contributed by atoms with Crippen molar-refractivity contribution in [1.82, 2.24) is 5.32 Å². The van der Waals surface area contributed by atoms with Crippen molar-refractivity contribution >= 4 is 11.8 Å². The Labute approximate surface area is 106 Å². The predicted octanol–water partition coefficient (Wildman–Crippen LogP) is 1.47. The molecule has 1 aliphatic heterocycles. The Hall–Kier alpha value is -1.68. The van der Waals surface area contributed by atoms with Crippen molar-refractivity contribution in [3.8, 4) is 0 Å². The van der Waals surface area contributed by atoms with Crippen molar-refractivity contribution in [3.63, 3.8) is 0 Å². The van der Waals surface area contributed by atoms with Crippen LogP contribution in [0, 0.1) is 6.92 Å². The second kappa shape index (κ2) is 5.78. The molecule has 1 aromatic carbocycles. The number of rotatable bonds is 4. The van der Waals surface area contributed by atoms with E-state index in [9.17, 15) is 9.59 Å². The van der Waals surface area contributed by atoms with Crippen molar-refractivity contribution in [1.29, 1.82) is 0 Å². The second-order valence-corrected chi connectivity index (χ2v) is 4.55. The molecule has 1 N–H and O–H groups in total. The van der Waals surface area contributed by atoms with Gasteiger partial charge < -0.3 is 10.1 Å². The van der Waals surface area contributed by atoms with Crippen LogP contribution < -0.4 is 5.32 Å². The maximum absolute atomic E-state index is 11.8. The van der Waals surface area contributed by atoms with Crippen LogP contribution in [0.25, 0.3) is 0 Å². The Morgan fingerprint density at radius 1 is 1.33 bits per heavy atom. The fraction of sp³-hybridized carbons (Fsp3) is 0.429. The van der Waals surface area contributed by atoms with Crippen LogP contribution in [0.2, 0.25) is 0 Å². The first kappa shape index (κ1) is 12.8. The van der Waals surface area contributed by atoms with Crippen LogP contribution >= 0.6 is 0 Å². The highest BCUT2D eigenvalue weighted by atomic mass is 16.5. The van der Waals surface area contributed by atoms with E-state index in [1.807, 2.05) is 19.1 Å². The summed E-state index contributed by atoms with van der Waals surface area (Å²) < 4.78 is 5.02. The van der Waals surface area contributed by atoms with E-state index in [1.54, 1.807) is 12.1 Å². The van der Waals surface area contributed by atoms with Gasteiger partial charge in [0.2, 0.25) is 0 Å². The van der Waals surface area contributed by atoms with E-state index >= 15 is 0 Å². The van der Waals surface area contributed by atoms with E-state index in [2.05, 4.69) is 5.32 Å². The van der Waals surface area contributed by atoms with Crippen LogP contribution in [0.4, 0.5) is 0 Å². The summed E-state index contributed by atoms with van der Waals surface area (Å²) in [6, 6.07) is 7.00. The lowest BCUT2D eigenvalue weighted by Gasteiger charge is -2.09. The van der Waals surface area contributed by atoms with Gasteiger partial charge in [0.1, 0.15) is 6.04 Å². The van der Waals surface area contributed by atoms with Crippen molar-refractivity contribution in [2.75, 3.05) is 13.2 Å². The normalized spacial score (nSPS) is 18.6. The lowest BCUT2D eigenvalue weighted by molar-refractivity contribution is -0.144. The molecule has 1 heterocycles. The summed E-state index contributed by atoms with van der Waals surface area (Å²) in [5, 5.41) is 3.04. The molecule has 0 amide bonds. The number of carbonyl (C=O) groups is 2. The molecule has 1 atom stereocenters. The number of ketones is 1. The smallest absolute Gasteiger partial charge is 0.323 e. The molecule has 0 spiro atoms. The molecule has 0 radical (unpaired) electrons. The summed E-state index contributed by atoms with van der Waals surface area (Å²) in [6.45, 7) is 2.62. The Balaban J connectivity index is 1.84. The molecule has 1 aromatic rings. The second-order valence-electron chi connectivity index (χ2n) is 4.55. The monoisotopic (exact) mass is 247 g/mol. The van der Waals surface area contributed by atoms with Crippen molar-refractivity contribution in [2.24, 2.45) is 0 Å². The van der Waals surface area contributed by atoms with Gasteiger partial charge in [-0.05, 0) is 26.3 Å². The zero-order valence-corrected chi connectivity index (χ0v) is 10.4. The van der Waals surface area contributed by atoms with Crippen LogP contribution in [-0.2, 0) is 9.53 Å². The van der Waals surface area contributed by atoms with Crippen molar-refractivity contribution < 1.29 is 14.3 Å². The minimum absolute atomic E-state index is 0.165. The molecule has 0 bridgehead atoms. The number of hydrogen-bond acceptors (Lipinski definition) is 4. The number of ether oxygens (including phenoxy) is 1. The van der Waals surface area contributed by atoms with Gasteiger partial charge in [-0.15, -0.1) is 0 Å².